The van der Waals surface area contributed by atoms with Gasteiger partial charge in [-0.15, -0.1) is 0 Å². The smallest absolute Gasteiger partial charge is 0.347 e. The van der Waals surface area contributed by atoms with E-state index in [1.165, 1.54) is 4.90 Å². The third-order valence-corrected chi connectivity index (χ3v) is 3.24. The zero-order valence-corrected chi connectivity index (χ0v) is 11.6. The number of hydrogen-bond donors (Lipinski definition) is 1. The van der Waals surface area contributed by atoms with Crippen LogP contribution in [-0.4, -0.2) is 47.4 Å². The van der Waals surface area contributed by atoms with E-state index in [1.54, 1.807) is 6.92 Å². The molecule has 2 atom stereocenters. The lowest BCUT2D eigenvalue weighted by Gasteiger charge is -2.33. The highest BCUT2D eigenvalue weighted by Gasteiger charge is 2.53. The number of aliphatic hydroxyl groups is 1. The van der Waals surface area contributed by atoms with Gasteiger partial charge >= 0.3 is 5.97 Å². The molecule has 2 heterocycles. The third-order valence-electron chi connectivity index (χ3n) is 3.24. The number of aliphatic hydroxyl groups excluding tert-OH is 1. The largest absolute Gasteiger partial charge is 0.509 e. The average molecular weight is 269 g/mol. The first-order valence-electron chi connectivity index (χ1n) is 6.33. The monoisotopic (exact) mass is 269 g/mol. The van der Waals surface area contributed by atoms with Crippen LogP contribution < -0.4 is 0 Å². The van der Waals surface area contributed by atoms with E-state index in [0.29, 0.717) is 0 Å². The lowest BCUT2D eigenvalue weighted by molar-refractivity contribution is -0.145. The lowest BCUT2D eigenvalue weighted by atomic mass is 9.93. The first kappa shape index (κ1) is 13.9. The first-order valence-corrected chi connectivity index (χ1v) is 6.33. The van der Waals surface area contributed by atoms with Gasteiger partial charge in [-0.1, -0.05) is 20.8 Å². The van der Waals surface area contributed by atoms with Gasteiger partial charge < -0.3 is 14.6 Å². The molecule has 0 aromatic heterocycles. The van der Waals surface area contributed by atoms with Crippen molar-refractivity contribution in [2.75, 3.05) is 13.2 Å². The Balaban J connectivity index is 2.30. The molecule has 0 spiro atoms. The summed E-state index contributed by atoms with van der Waals surface area (Å²) in [6.07, 6.45) is -0.459. The van der Waals surface area contributed by atoms with Crippen molar-refractivity contribution in [2.45, 2.75) is 40.0 Å². The molecule has 0 aromatic carbocycles. The molecule has 1 amide bonds. The molecular weight excluding hydrogens is 250 g/mol. The van der Waals surface area contributed by atoms with Crippen molar-refractivity contribution in [1.29, 1.82) is 0 Å². The number of rotatable bonds is 2. The molecule has 1 fully saturated rings. The molecule has 2 rings (SSSR count). The van der Waals surface area contributed by atoms with Gasteiger partial charge in [-0.2, -0.15) is 0 Å². The van der Waals surface area contributed by atoms with E-state index in [0.717, 1.165) is 0 Å². The number of fused-ring (bicyclic) bond motifs is 1. The van der Waals surface area contributed by atoms with Crippen molar-refractivity contribution >= 4 is 11.9 Å². The molecule has 0 saturated carbocycles. The number of ether oxygens (including phenoxy) is 2. The Morgan fingerprint density at radius 3 is 2.68 bits per heavy atom. The van der Waals surface area contributed by atoms with Crippen LogP contribution in [0, 0.1) is 5.41 Å². The van der Waals surface area contributed by atoms with Crippen LogP contribution in [0.1, 0.15) is 27.7 Å². The second kappa shape index (κ2) is 4.52. The van der Waals surface area contributed by atoms with Gasteiger partial charge in [0, 0.05) is 5.41 Å². The predicted octanol–water partition coefficient (Wildman–Crippen LogP) is 0.975. The summed E-state index contributed by atoms with van der Waals surface area (Å²) in [7, 11) is 0. The van der Waals surface area contributed by atoms with Gasteiger partial charge in [0.2, 0.25) is 0 Å². The van der Waals surface area contributed by atoms with Crippen molar-refractivity contribution in [3.8, 4) is 0 Å². The summed E-state index contributed by atoms with van der Waals surface area (Å²) >= 11 is 0. The van der Waals surface area contributed by atoms with Crippen LogP contribution in [0.15, 0.2) is 11.3 Å². The Morgan fingerprint density at radius 2 is 2.16 bits per heavy atom. The van der Waals surface area contributed by atoms with Gasteiger partial charge in [0.05, 0.1) is 13.2 Å². The van der Waals surface area contributed by atoms with E-state index in [4.69, 9.17) is 9.47 Å². The van der Waals surface area contributed by atoms with Crippen LogP contribution in [0.4, 0.5) is 0 Å². The topological polar surface area (TPSA) is 76.1 Å². The number of hydrogen-bond acceptors (Lipinski definition) is 5. The van der Waals surface area contributed by atoms with Gasteiger partial charge in [-0.3, -0.25) is 9.69 Å². The minimum absolute atomic E-state index is 0.159. The molecule has 2 aliphatic rings. The van der Waals surface area contributed by atoms with Crippen molar-refractivity contribution < 1.29 is 24.2 Å². The van der Waals surface area contributed by atoms with Crippen molar-refractivity contribution in [3.63, 3.8) is 0 Å². The molecule has 2 unspecified atom stereocenters. The van der Waals surface area contributed by atoms with E-state index in [1.807, 2.05) is 20.8 Å². The zero-order chi connectivity index (χ0) is 14.4. The van der Waals surface area contributed by atoms with Gasteiger partial charge in [0.15, 0.2) is 5.57 Å². The molecule has 6 nitrogen and oxygen atoms in total. The van der Waals surface area contributed by atoms with Gasteiger partial charge in [0.25, 0.3) is 5.91 Å². The molecule has 19 heavy (non-hydrogen) atoms. The molecule has 6 heteroatoms. The summed E-state index contributed by atoms with van der Waals surface area (Å²) < 4.78 is 10.4. The second-order valence-corrected chi connectivity index (χ2v) is 5.76. The molecule has 0 bridgehead atoms. The van der Waals surface area contributed by atoms with E-state index >= 15 is 0 Å². The lowest BCUT2D eigenvalue weighted by Crippen LogP contribution is -2.45. The molecular formula is C13H19NO5. The summed E-state index contributed by atoms with van der Waals surface area (Å²) in [4.78, 5) is 25.5. The number of nitrogens with zero attached hydrogens (tertiary/aromatic N) is 1. The van der Waals surface area contributed by atoms with E-state index < -0.39 is 24.1 Å². The standard InChI is InChI=1S/C13H19NO5/c1-5-18-11(17)8-9(15)7-6-19-12(13(2,3)4)14(7)10(8)16/h7,12,15H,5-6H2,1-4H3. The molecule has 1 N–H and O–H groups in total. The molecule has 106 valence electrons. The van der Waals surface area contributed by atoms with Crippen LogP contribution in [0.5, 0.6) is 0 Å². The van der Waals surface area contributed by atoms with Crippen molar-refractivity contribution in [2.24, 2.45) is 5.41 Å². The number of amides is 1. The number of carbonyl (C=O) groups excluding carboxylic acids is 2. The number of esters is 1. The quantitative estimate of drug-likeness (QED) is 0.597. The van der Waals surface area contributed by atoms with E-state index in [9.17, 15) is 14.7 Å². The highest BCUT2D eigenvalue weighted by atomic mass is 16.5. The fourth-order valence-corrected chi connectivity index (χ4v) is 2.43. The average Bonchev–Trinajstić information content (AvgIpc) is 2.80. The van der Waals surface area contributed by atoms with Crippen LogP contribution in [-0.2, 0) is 19.1 Å². The fourth-order valence-electron chi connectivity index (χ4n) is 2.43. The summed E-state index contributed by atoms with van der Waals surface area (Å²) in [6.45, 7) is 7.82. The maximum Gasteiger partial charge on any atom is 0.347 e. The van der Waals surface area contributed by atoms with Crippen LogP contribution in [0.25, 0.3) is 0 Å². The summed E-state index contributed by atoms with van der Waals surface area (Å²) in [5.41, 5.74) is -0.557. The minimum Gasteiger partial charge on any atom is -0.509 e. The molecule has 0 radical (unpaired) electrons. The molecule has 1 saturated heterocycles. The van der Waals surface area contributed by atoms with E-state index in [2.05, 4.69) is 0 Å². The maximum absolute atomic E-state index is 12.3. The van der Waals surface area contributed by atoms with Crippen molar-refractivity contribution in [1.82, 2.24) is 4.90 Å². The fraction of sp³-hybridized carbons (Fsp3) is 0.692. The van der Waals surface area contributed by atoms with Crippen LogP contribution in [0.2, 0.25) is 0 Å². The summed E-state index contributed by atoms with van der Waals surface area (Å²) in [5, 5.41) is 10.0. The second-order valence-electron chi connectivity index (χ2n) is 5.76. The maximum atomic E-state index is 12.3. The zero-order valence-electron chi connectivity index (χ0n) is 11.6. The van der Waals surface area contributed by atoms with Gasteiger partial charge in [0.1, 0.15) is 18.0 Å². The number of carbonyl (C=O) groups is 2. The Morgan fingerprint density at radius 1 is 1.53 bits per heavy atom. The molecule has 0 aliphatic carbocycles. The summed E-state index contributed by atoms with van der Waals surface area (Å²) in [6, 6.07) is -0.573. The molecule has 2 aliphatic heterocycles. The highest BCUT2D eigenvalue weighted by molar-refractivity contribution is 6.18. The first-order chi connectivity index (χ1) is 8.79. The minimum atomic E-state index is -0.771. The van der Waals surface area contributed by atoms with Gasteiger partial charge in [-0.25, -0.2) is 4.79 Å². The Hall–Kier alpha value is -1.56. The van der Waals surface area contributed by atoms with Crippen molar-refractivity contribution in [3.05, 3.63) is 11.3 Å². The SMILES string of the molecule is CCOC(=O)C1=C(O)C2COC(C(C)(C)C)N2C1=O. The Labute approximate surface area is 112 Å². The summed E-state index contributed by atoms with van der Waals surface area (Å²) in [5.74, 6) is -1.53. The Bertz CT molecular complexity index is 448. The third kappa shape index (κ3) is 2.10. The van der Waals surface area contributed by atoms with Gasteiger partial charge in [-0.05, 0) is 6.92 Å². The highest BCUT2D eigenvalue weighted by Crippen LogP contribution is 2.39. The van der Waals surface area contributed by atoms with E-state index in [-0.39, 0.29) is 30.0 Å². The predicted molar refractivity (Wildman–Crippen MR) is 66.1 cm³/mol. The van der Waals surface area contributed by atoms with Crippen LogP contribution >= 0.6 is 0 Å². The molecule has 0 aromatic rings. The normalized spacial score (nSPS) is 26.9. The van der Waals surface area contributed by atoms with Crippen LogP contribution in [0.3, 0.4) is 0 Å². The Kier molecular flexibility index (Phi) is 3.30.